The highest BCUT2D eigenvalue weighted by molar-refractivity contribution is 5.71. The van der Waals surface area contributed by atoms with Crippen LogP contribution < -0.4 is 0 Å². The van der Waals surface area contributed by atoms with Gasteiger partial charge in [0.2, 0.25) is 0 Å². The van der Waals surface area contributed by atoms with Gasteiger partial charge in [0.05, 0.1) is 11.5 Å². The van der Waals surface area contributed by atoms with Crippen LogP contribution in [-0.2, 0) is 4.79 Å². The van der Waals surface area contributed by atoms with Gasteiger partial charge in [-0.15, -0.1) is 0 Å². The molecule has 1 heterocycles. The van der Waals surface area contributed by atoms with Gasteiger partial charge in [-0.05, 0) is 33.2 Å². The molecule has 0 bridgehead atoms. The third-order valence-corrected chi connectivity index (χ3v) is 3.51. The van der Waals surface area contributed by atoms with E-state index in [1.807, 2.05) is 13.8 Å². The third kappa shape index (κ3) is 2.92. The minimum Gasteiger partial charge on any atom is -0.481 e. The summed E-state index contributed by atoms with van der Waals surface area (Å²) in [6.07, 6.45) is 1.38. The van der Waals surface area contributed by atoms with Crippen LogP contribution in [0.25, 0.3) is 0 Å². The first-order valence-corrected chi connectivity index (χ1v) is 5.56. The molecule has 0 aromatic rings. The summed E-state index contributed by atoms with van der Waals surface area (Å²) in [4.78, 5) is 13.0. The summed E-state index contributed by atoms with van der Waals surface area (Å²) < 4.78 is 0. The largest absolute Gasteiger partial charge is 0.481 e. The van der Waals surface area contributed by atoms with Crippen molar-refractivity contribution < 1.29 is 15.0 Å². The summed E-state index contributed by atoms with van der Waals surface area (Å²) >= 11 is 0. The minimum atomic E-state index is -0.721. The maximum absolute atomic E-state index is 10.9. The monoisotopic (exact) mass is 215 g/mol. The molecular weight excluding hydrogens is 194 g/mol. The number of β-amino-alcohol motifs (C(OH)–C–C–N with tert-alkyl or cyclic N) is 1. The second-order valence-corrected chi connectivity index (χ2v) is 4.79. The van der Waals surface area contributed by atoms with Gasteiger partial charge >= 0.3 is 5.97 Å². The van der Waals surface area contributed by atoms with Crippen LogP contribution in [-0.4, -0.2) is 45.8 Å². The molecule has 3 unspecified atom stereocenters. The summed E-state index contributed by atoms with van der Waals surface area (Å²) in [7, 11) is 0. The highest BCUT2D eigenvalue weighted by Crippen LogP contribution is 2.26. The number of carboxylic acids is 1. The van der Waals surface area contributed by atoms with E-state index in [1.165, 1.54) is 0 Å². The molecule has 1 aliphatic heterocycles. The average molecular weight is 215 g/mol. The first-order valence-electron chi connectivity index (χ1n) is 5.56. The molecule has 0 aromatic carbocycles. The number of rotatable bonds is 4. The average Bonchev–Trinajstić information content (AvgIpc) is 2.48. The Morgan fingerprint density at radius 3 is 2.60 bits per heavy atom. The summed E-state index contributed by atoms with van der Waals surface area (Å²) in [6.45, 7) is 7.00. The Kier molecular flexibility index (Phi) is 3.73. The molecule has 0 amide bonds. The lowest BCUT2D eigenvalue weighted by molar-refractivity contribution is -0.142. The van der Waals surface area contributed by atoms with Crippen molar-refractivity contribution in [2.75, 3.05) is 13.1 Å². The first-order chi connectivity index (χ1) is 6.87. The molecule has 2 N–H and O–H groups in total. The molecule has 1 saturated heterocycles. The van der Waals surface area contributed by atoms with Crippen molar-refractivity contribution in [2.45, 2.75) is 45.3 Å². The Bertz CT molecular complexity index is 240. The maximum Gasteiger partial charge on any atom is 0.308 e. The van der Waals surface area contributed by atoms with Gasteiger partial charge < -0.3 is 10.2 Å². The molecule has 0 saturated carbocycles. The zero-order valence-corrected chi connectivity index (χ0v) is 9.73. The van der Waals surface area contributed by atoms with Crippen molar-refractivity contribution >= 4 is 5.97 Å². The second kappa shape index (κ2) is 4.49. The Hall–Kier alpha value is -0.610. The van der Waals surface area contributed by atoms with E-state index < -0.39 is 11.6 Å². The Morgan fingerprint density at radius 1 is 1.60 bits per heavy atom. The number of carboxylic acid groups (broad SMARTS) is 1. The number of likely N-dealkylation sites (tertiary alicyclic amines) is 1. The fourth-order valence-corrected chi connectivity index (χ4v) is 2.11. The van der Waals surface area contributed by atoms with Crippen LogP contribution in [0, 0.1) is 5.92 Å². The standard InChI is InChI=1S/C11H21NO3/c1-4-11(3,15)7-12-6-5-9(8(12)2)10(13)14/h8-9,15H,4-7H2,1-3H3,(H,13,14). The van der Waals surface area contributed by atoms with Crippen LogP contribution in [0.4, 0.5) is 0 Å². The van der Waals surface area contributed by atoms with Crippen LogP contribution in [0.15, 0.2) is 0 Å². The predicted octanol–water partition coefficient (Wildman–Crippen LogP) is 0.942. The number of carbonyl (C=O) groups is 1. The van der Waals surface area contributed by atoms with Gasteiger partial charge in [0.25, 0.3) is 0 Å². The second-order valence-electron chi connectivity index (χ2n) is 4.79. The van der Waals surface area contributed by atoms with E-state index in [0.717, 1.165) is 6.54 Å². The maximum atomic E-state index is 10.9. The van der Waals surface area contributed by atoms with Gasteiger partial charge in [0, 0.05) is 12.6 Å². The van der Waals surface area contributed by atoms with Gasteiger partial charge in [-0.3, -0.25) is 9.69 Å². The smallest absolute Gasteiger partial charge is 0.308 e. The van der Waals surface area contributed by atoms with Gasteiger partial charge in [0.1, 0.15) is 0 Å². The van der Waals surface area contributed by atoms with E-state index in [2.05, 4.69) is 4.90 Å². The number of aliphatic carboxylic acids is 1. The van der Waals surface area contributed by atoms with E-state index in [9.17, 15) is 9.90 Å². The molecular formula is C11H21NO3. The van der Waals surface area contributed by atoms with Crippen molar-refractivity contribution in [3.8, 4) is 0 Å². The Balaban J connectivity index is 2.57. The number of nitrogens with zero attached hydrogens (tertiary/aromatic N) is 1. The zero-order valence-electron chi connectivity index (χ0n) is 9.73. The van der Waals surface area contributed by atoms with E-state index >= 15 is 0 Å². The van der Waals surface area contributed by atoms with Crippen LogP contribution in [0.2, 0.25) is 0 Å². The quantitative estimate of drug-likeness (QED) is 0.732. The lowest BCUT2D eigenvalue weighted by atomic mass is 10.0. The molecule has 1 fully saturated rings. The number of aliphatic hydroxyl groups is 1. The number of hydrogen-bond acceptors (Lipinski definition) is 3. The molecule has 4 heteroatoms. The molecule has 3 atom stereocenters. The summed E-state index contributed by atoms with van der Waals surface area (Å²) in [6, 6.07) is 0.0283. The number of hydrogen-bond donors (Lipinski definition) is 2. The molecule has 1 aliphatic rings. The molecule has 1 rings (SSSR count). The predicted molar refractivity (Wildman–Crippen MR) is 57.7 cm³/mol. The van der Waals surface area contributed by atoms with E-state index in [-0.39, 0.29) is 12.0 Å². The third-order valence-electron chi connectivity index (χ3n) is 3.51. The van der Waals surface area contributed by atoms with Gasteiger partial charge in [-0.25, -0.2) is 0 Å². The molecule has 88 valence electrons. The first kappa shape index (κ1) is 12.5. The van der Waals surface area contributed by atoms with Crippen molar-refractivity contribution in [1.29, 1.82) is 0 Å². The molecule has 0 aromatic heterocycles. The van der Waals surface area contributed by atoms with Gasteiger partial charge in [-0.1, -0.05) is 6.92 Å². The van der Waals surface area contributed by atoms with E-state index in [0.29, 0.717) is 19.4 Å². The van der Waals surface area contributed by atoms with Gasteiger partial charge in [0.15, 0.2) is 0 Å². The SMILES string of the molecule is CCC(C)(O)CN1CCC(C(=O)O)C1C. The van der Waals surface area contributed by atoms with Crippen molar-refractivity contribution in [3.63, 3.8) is 0 Å². The van der Waals surface area contributed by atoms with E-state index in [1.54, 1.807) is 6.92 Å². The molecule has 0 radical (unpaired) electrons. The fraction of sp³-hybridized carbons (Fsp3) is 0.909. The van der Waals surface area contributed by atoms with Gasteiger partial charge in [-0.2, -0.15) is 0 Å². The van der Waals surface area contributed by atoms with Crippen LogP contribution >= 0.6 is 0 Å². The Labute approximate surface area is 90.9 Å². The summed E-state index contributed by atoms with van der Waals surface area (Å²) in [5, 5.41) is 18.9. The lowest BCUT2D eigenvalue weighted by Gasteiger charge is -2.31. The molecule has 0 spiro atoms. The molecule has 4 nitrogen and oxygen atoms in total. The van der Waals surface area contributed by atoms with Crippen molar-refractivity contribution in [2.24, 2.45) is 5.92 Å². The molecule has 15 heavy (non-hydrogen) atoms. The fourth-order valence-electron chi connectivity index (χ4n) is 2.11. The van der Waals surface area contributed by atoms with Crippen molar-refractivity contribution in [3.05, 3.63) is 0 Å². The normalized spacial score (nSPS) is 31.5. The lowest BCUT2D eigenvalue weighted by Crippen LogP contribution is -2.43. The van der Waals surface area contributed by atoms with E-state index in [4.69, 9.17) is 5.11 Å². The summed E-state index contributed by atoms with van der Waals surface area (Å²) in [5.74, 6) is -1.00. The zero-order chi connectivity index (χ0) is 11.6. The van der Waals surface area contributed by atoms with Crippen molar-refractivity contribution in [1.82, 2.24) is 4.90 Å². The van der Waals surface area contributed by atoms with Crippen LogP contribution in [0.1, 0.15) is 33.6 Å². The van der Waals surface area contributed by atoms with Crippen LogP contribution in [0.3, 0.4) is 0 Å². The highest BCUT2D eigenvalue weighted by atomic mass is 16.4. The minimum absolute atomic E-state index is 0.0283. The van der Waals surface area contributed by atoms with Crippen LogP contribution in [0.5, 0.6) is 0 Å². The Morgan fingerprint density at radius 2 is 2.20 bits per heavy atom. The highest BCUT2D eigenvalue weighted by Gasteiger charge is 2.37. The molecule has 0 aliphatic carbocycles. The summed E-state index contributed by atoms with van der Waals surface area (Å²) in [5.41, 5.74) is -0.707. The topological polar surface area (TPSA) is 60.8 Å².